The molecule has 2 aromatic rings. The molecule has 2 rings (SSSR count). The van der Waals surface area contributed by atoms with Gasteiger partial charge in [-0.3, -0.25) is 4.68 Å². The Morgan fingerprint density at radius 1 is 1.30 bits per heavy atom. The van der Waals surface area contributed by atoms with Crippen LogP contribution in [0, 0.1) is 5.92 Å². The zero-order valence-corrected chi connectivity index (χ0v) is 12.8. The van der Waals surface area contributed by atoms with Crippen molar-refractivity contribution in [2.24, 2.45) is 13.0 Å². The molecule has 1 aromatic carbocycles. The SMILES string of the molecule is CCc1cc(CC(CO)Cc2cccc(Cl)c2)n(C)n1. The smallest absolute Gasteiger partial charge is 0.0624 e. The molecule has 0 saturated carbocycles. The number of nitrogens with zero attached hydrogens (tertiary/aromatic N) is 2. The molecule has 0 aliphatic heterocycles. The van der Waals surface area contributed by atoms with Crippen molar-refractivity contribution in [2.75, 3.05) is 6.61 Å². The number of aromatic nitrogens is 2. The fraction of sp³-hybridized carbons (Fsp3) is 0.438. The second-order valence-corrected chi connectivity index (χ2v) is 5.63. The summed E-state index contributed by atoms with van der Waals surface area (Å²) in [4.78, 5) is 0. The van der Waals surface area contributed by atoms with Gasteiger partial charge >= 0.3 is 0 Å². The van der Waals surface area contributed by atoms with Gasteiger partial charge in [-0.15, -0.1) is 0 Å². The van der Waals surface area contributed by atoms with Crippen LogP contribution in [0.1, 0.15) is 23.9 Å². The summed E-state index contributed by atoms with van der Waals surface area (Å²) in [5.74, 6) is 0.188. The van der Waals surface area contributed by atoms with E-state index in [4.69, 9.17) is 11.6 Å². The molecule has 0 bridgehead atoms. The van der Waals surface area contributed by atoms with Crippen molar-refractivity contribution in [1.82, 2.24) is 9.78 Å². The predicted octanol–water partition coefficient (Wildman–Crippen LogP) is 3.03. The van der Waals surface area contributed by atoms with Gasteiger partial charge in [0.15, 0.2) is 0 Å². The van der Waals surface area contributed by atoms with Crippen LogP contribution in [0.15, 0.2) is 30.3 Å². The van der Waals surface area contributed by atoms with Gasteiger partial charge in [-0.25, -0.2) is 0 Å². The van der Waals surface area contributed by atoms with Gasteiger partial charge in [-0.1, -0.05) is 30.7 Å². The zero-order chi connectivity index (χ0) is 14.5. The fourth-order valence-electron chi connectivity index (χ4n) is 2.43. The Kier molecular flexibility index (Phi) is 5.21. The van der Waals surface area contributed by atoms with Crippen LogP contribution in [0.25, 0.3) is 0 Å². The minimum absolute atomic E-state index is 0.166. The van der Waals surface area contributed by atoms with E-state index in [1.54, 1.807) is 0 Å². The summed E-state index contributed by atoms with van der Waals surface area (Å²) >= 11 is 6.00. The van der Waals surface area contributed by atoms with Crippen LogP contribution in [-0.2, 0) is 26.3 Å². The quantitative estimate of drug-likeness (QED) is 0.889. The highest BCUT2D eigenvalue weighted by molar-refractivity contribution is 6.30. The normalized spacial score (nSPS) is 12.6. The molecule has 0 aliphatic carbocycles. The lowest BCUT2D eigenvalue weighted by atomic mass is 9.95. The van der Waals surface area contributed by atoms with Gasteiger partial charge in [0.2, 0.25) is 0 Å². The number of halogens is 1. The highest BCUT2D eigenvalue weighted by Crippen LogP contribution is 2.18. The van der Waals surface area contributed by atoms with Gasteiger partial charge in [0.05, 0.1) is 5.69 Å². The summed E-state index contributed by atoms with van der Waals surface area (Å²) in [7, 11) is 1.96. The molecule has 0 amide bonds. The summed E-state index contributed by atoms with van der Waals surface area (Å²) < 4.78 is 1.92. The van der Waals surface area contributed by atoms with E-state index in [9.17, 15) is 5.11 Å². The maximum absolute atomic E-state index is 9.61. The van der Waals surface area contributed by atoms with Gasteiger partial charge in [0.1, 0.15) is 0 Å². The Morgan fingerprint density at radius 2 is 2.10 bits per heavy atom. The summed E-state index contributed by atoms with van der Waals surface area (Å²) in [5.41, 5.74) is 3.43. The third kappa shape index (κ3) is 3.84. The molecule has 108 valence electrons. The third-order valence-electron chi connectivity index (χ3n) is 3.56. The number of rotatable bonds is 6. The van der Waals surface area contributed by atoms with E-state index >= 15 is 0 Å². The Balaban J connectivity index is 2.06. The van der Waals surface area contributed by atoms with Gasteiger partial charge in [0.25, 0.3) is 0 Å². The van der Waals surface area contributed by atoms with Crippen molar-refractivity contribution in [2.45, 2.75) is 26.2 Å². The summed E-state index contributed by atoms with van der Waals surface area (Å²) in [6.07, 6.45) is 2.59. The Morgan fingerprint density at radius 3 is 2.70 bits per heavy atom. The first-order chi connectivity index (χ1) is 9.62. The highest BCUT2D eigenvalue weighted by atomic mass is 35.5. The minimum atomic E-state index is 0.166. The maximum Gasteiger partial charge on any atom is 0.0624 e. The standard InChI is InChI=1S/C16H21ClN2O/c1-3-15-10-16(19(2)18-15)9-13(11-20)7-12-5-4-6-14(17)8-12/h4-6,8,10,13,20H,3,7,9,11H2,1-2H3. The van der Waals surface area contributed by atoms with Gasteiger partial charge in [-0.05, 0) is 48.9 Å². The van der Waals surface area contributed by atoms with Crippen LogP contribution >= 0.6 is 11.6 Å². The molecule has 1 heterocycles. The van der Waals surface area contributed by atoms with E-state index < -0.39 is 0 Å². The fourth-order valence-corrected chi connectivity index (χ4v) is 2.64. The summed E-state index contributed by atoms with van der Waals surface area (Å²) in [6.45, 7) is 2.26. The Labute approximate surface area is 125 Å². The molecule has 3 nitrogen and oxygen atoms in total. The number of hydrogen-bond acceptors (Lipinski definition) is 2. The third-order valence-corrected chi connectivity index (χ3v) is 3.79. The maximum atomic E-state index is 9.61. The predicted molar refractivity (Wildman–Crippen MR) is 82.0 cm³/mol. The van der Waals surface area contributed by atoms with E-state index in [1.165, 1.54) is 5.69 Å². The van der Waals surface area contributed by atoms with Crippen molar-refractivity contribution < 1.29 is 5.11 Å². The van der Waals surface area contributed by atoms with Gasteiger partial charge in [0, 0.05) is 24.4 Å². The molecule has 4 heteroatoms. The van der Waals surface area contributed by atoms with Crippen LogP contribution in [0.5, 0.6) is 0 Å². The van der Waals surface area contributed by atoms with Crippen molar-refractivity contribution in [1.29, 1.82) is 0 Å². The molecule has 1 aromatic heterocycles. The first-order valence-electron chi connectivity index (χ1n) is 6.99. The van der Waals surface area contributed by atoms with Crippen molar-refractivity contribution in [3.8, 4) is 0 Å². The zero-order valence-electron chi connectivity index (χ0n) is 12.0. The summed E-state index contributed by atoms with van der Waals surface area (Å²) in [5, 5.41) is 14.8. The van der Waals surface area contributed by atoms with E-state index in [2.05, 4.69) is 24.2 Å². The molecule has 0 fully saturated rings. The van der Waals surface area contributed by atoms with Crippen LogP contribution < -0.4 is 0 Å². The van der Waals surface area contributed by atoms with Crippen LogP contribution in [-0.4, -0.2) is 21.5 Å². The first-order valence-corrected chi connectivity index (χ1v) is 7.37. The molecule has 0 aliphatic rings. The number of hydrogen-bond donors (Lipinski definition) is 1. The molecule has 1 atom stereocenters. The molecule has 1 unspecified atom stereocenters. The monoisotopic (exact) mass is 292 g/mol. The lowest BCUT2D eigenvalue weighted by Gasteiger charge is -2.14. The van der Waals surface area contributed by atoms with Crippen LogP contribution in [0.3, 0.4) is 0 Å². The number of benzene rings is 1. The average Bonchev–Trinajstić information content (AvgIpc) is 2.78. The van der Waals surface area contributed by atoms with E-state index in [0.717, 1.165) is 35.5 Å². The lowest BCUT2D eigenvalue weighted by Crippen LogP contribution is -2.15. The topological polar surface area (TPSA) is 38.0 Å². The first kappa shape index (κ1) is 15.1. The lowest BCUT2D eigenvalue weighted by molar-refractivity contribution is 0.223. The molecule has 0 saturated heterocycles. The Bertz CT molecular complexity index is 565. The largest absolute Gasteiger partial charge is 0.396 e. The van der Waals surface area contributed by atoms with E-state index in [-0.39, 0.29) is 12.5 Å². The minimum Gasteiger partial charge on any atom is -0.396 e. The molecule has 0 spiro atoms. The molecular formula is C16H21ClN2O. The average molecular weight is 293 g/mol. The Hall–Kier alpha value is -1.32. The second-order valence-electron chi connectivity index (χ2n) is 5.19. The second kappa shape index (κ2) is 6.91. The van der Waals surface area contributed by atoms with Crippen LogP contribution in [0.2, 0.25) is 5.02 Å². The molecular weight excluding hydrogens is 272 g/mol. The number of aryl methyl sites for hydroxylation is 2. The van der Waals surface area contributed by atoms with Crippen LogP contribution in [0.4, 0.5) is 0 Å². The molecule has 0 radical (unpaired) electrons. The van der Waals surface area contributed by atoms with Crippen molar-refractivity contribution >= 4 is 11.6 Å². The van der Waals surface area contributed by atoms with Gasteiger partial charge in [-0.2, -0.15) is 5.10 Å². The number of aliphatic hydroxyl groups is 1. The summed E-state index contributed by atoms with van der Waals surface area (Å²) in [6, 6.07) is 9.96. The number of aliphatic hydroxyl groups excluding tert-OH is 1. The highest BCUT2D eigenvalue weighted by Gasteiger charge is 2.13. The van der Waals surface area contributed by atoms with E-state index in [0.29, 0.717) is 0 Å². The van der Waals surface area contributed by atoms with E-state index in [1.807, 2.05) is 29.9 Å². The molecule has 1 N–H and O–H groups in total. The van der Waals surface area contributed by atoms with Gasteiger partial charge < -0.3 is 5.11 Å². The molecule has 20 heavy (non-hydrogen) atoms. The van der Waals surface area contributed by atoms with Crippen molar-refractivity contribution in [3.05, 3.63) is 52.3 Å². The van der Waals surface area contributed by atoms with Crippen molar-refractivity contribution in [3.63, 3.8) is 0 Å².